The van der Waals surface area contributed by atoms with Crippen molar-refractivity contribution < 1.29 is 14.3 Å². The second-order valence-corrected chi connectivity index (χ2v) is 5.42. The van der Waals surface area contributed by atoms with Crippen LogP contribution >= 0.6 is 0 Å². The van der Waals surface area contributed by atoms with Gasteiger partial charge in [0.2, 0.25) is 11.8 Å². The van der Waals surface area contributed by atoms with Crippen molar-refractivity contribution in [2.45, 2.75) is 25.7 Å². The van der Waals surface area contributed by atoms with Crippen molar-refractivity contribution in [1.29, 1.82) is 0 Å². The number of Topliss-reactive ketones (excluding diaryl/α,β-unsaturated/α-hetero) is 1. The molecule has 102 valence electrons. The Labute approximate surface area is 112 Å². The van der Waals surface area contributed by atoms with Crippen LogP contribution < -0.4 is 9.47 Å². The van der Waals surface area contributed by atoms with Crippen molar-refractivity contribution in [3.8, 4) is 11.8 Å². The number of carbonyl (C=O) groups is 1. The van der Waals surface area contributed by atoms with Crippen molar-refractivity contribution in [1.82, 2.24) is 9.97 Å². The summed E-state index contributed by atoms with van der Waals surface area (Å²) >= 11 is 0. The van der Waals surface area contributed by atoms with Crippen LogP contribution in [0.5, 0.6) is 11.8 Å². The second kappa shape index (κ2) is 4.79. The molecule has 0 aromatic carbocycles. The van der Waals surface area contributed by atoms with Gasteiger partial charge in [-0.25, -0.2) is 4.98 Å². The quantitative estimate of drug-likeness (QED) is 0.778. The Kier molecular flexibility index (Phi) is 3.12. The molecule has 0 aliphatic heterocycles. The van der Waals surface area contributed by atoms with Gasteiger partial charge < -0.3 is 9.47 Å². The Hall–Kier alpha value is -1.65. The smallest absolute Gasteiger partial charge is 0.246 e. The SMILES string of the molecule is COc1cnc(C(=O)C2CC3CCC2C3)c(OC)n1. The molecule has 19 heavy (non-hydrogen) atoms. The summed E-state index contributed by atoms with van der Waals surface area (Å²) in [6, 6.07) is 0. The van der Waals surface area contributed by atoms with Crippen LogP contribution in [0.1, 0.15) is 36.2 Å². The first-order chi connectivity index (χ1) is 9.22. The van der Waals surface area contributed by atoms with E-state index in [1.165, 1.54) is 39.7 Å². The first kappa shape index (κ1) is 12.4. The lowest BCUT2D eigenvalue weighted by Gasteiger charge is -2.20. The molecule has 5 heteroatoms. The minimum atomic E-state index is 0.0826. The van der Waals surface area contributed by atoms with Gasteiger partial charge in [-0.05, 0) is 31.1 Å². The molecule has 0 saturated heterocycles. The Morgan fingerprint density at radius 1 is 1.26 bits per heavy atom. The van der Waals surface area contributed by atoms with Crippen molar-refractivity contribution in [3.63, 3.8) is 0 Å². The van der Waals surface area contributed by atoms with Gasteiger partial charge in [0, 0.05) is 5.92 Å². The average molecular weight is 262 g/mol. The van der Waals surface area contributed by atoms with Crippen molar-refractivity contribution >= 4 is 5.78 Å². The number of fused-ring (bicyclic) bond motifs is 2. The maximum Gasteiger partial charge on any atom is 0.246 e. The predicted octanol–water partition coefficient (Wildman–Crippen LogP) is 2.11. The van der Waals surface area contributed by atoms with E-state index in [1.807, 2.05) is 0 Å². The molecule has 2 bridgehead atoms. The maximum atomic E-state index is 12.6. The molecule has 3 unspecified atom stereocenters. The number of nitrogens with zero attached hydrogens (tertiary/aromatic N) is 2. The third kappa shape index (κ3) is 2.07. The fourth-order valence-electron chi connectivity index (χ4n) is 3.51. The van der Waals surface area contributed by atoms with Gasteiger partial charge in [-0.3, -0.25) is 4.79 Å². The van der Waals surface area contributed by atoms with Crippen LogP contribution in [0.25, 0.3) is 0 Å². The summed E-state index contributed by atoms with van der Waals surface area (Å²) in [6.07, 6.45) is 6.12. The van der Waals surface area contributed by atoms with Crippen molar-refractivity contribution in [3.05, 3.63) is 11.9 Å². The normalized spacial score (nSPS) is 28.4. The van der Waals surface area contributed by atoms with Gasteiger partial charge in [0.15, 0.2) is 11.5 Å². The molecule has 0 N–H and O–H groups in total. The molecule has 0 spiro atoms. The summed E-state index contributed by atoms with van der Waals surface area (Å²) in [5, 5.41) is 0. The summed E-state index contributed by atoms with van der Waals surface area (Å²) in [7, 11) is 3.02. The highest BCUT2D eigenvalue weighted by Crippen LogP contribution is 2.49. The molecular weight excluding hydrogens is 244 g/mol. The minimum Gasteiger partial charge on any atom is -0.480 e. The van der Waals surface area contributed by atoms with E-state index in [0.29, 0.717) is 17.5 Å². The van der Waals surface area contributed by atoms with Gasteiger partial charge in [-0.1, -0.05) is 6.42 Å². The van der Waals surface area contributed by atoms with Gasteiger partial charge in [0.05, 0.1) is 20.4 Å². The zero-order valence-electron chi connectivity index (χ0n) is 11.3. The molecule has 0 amide bonds. The first-order valence-electron chi connectivity index (χ1n) is 6.72. The number of aromatic nitrogens is 2. The first-order valence-corrected chi connectivity index (χ1v) is 6.72. The molecule has 1 aromatic rings. The fraction of sp³-hybridized carbons (Fsp3) is 0.643. The number of methoxy groups -OCH3 is 2. The molecule has 0 radical (unpaired) electrons. The molecule has 2 fully saturated rings. The predicted molar refractivity (Wildman–Crippen MR) is 68.4 cm³/mol. The number of hydrogen-bond acceptors (Lipinski definition) is 5. The van der Waals surface area contributed by atoms with Gasteiger partial charge in [0.1, 0.15) is 0 Å². The summed E-state index contributed by atoms with van der Waals surface area (Å²) in [5.41, 5.74) is 0.348. The van der Waals surface area contributed by atoms with Crippen LogP contribution in [0.4, 0.5) is 0 Å². The van der Waals surface area contributed by atoms with Gasteiger partial charge in [0.25, 0.3) is 0 Å². The highest BCUT2D eigenvalue weighted by atomic mass is 16.5. The molecular formula is C14H18N2O3. The summed E-state index contributed by atoms with van der Waals surface area (Å²) in [4.78, 5) is 20.9. The Bertz CT molecular complexity index is 503. The van der Waals surface area contributed by atoms with E-state index in [0.717, 1.165) is 12.3 Å². The van der Waals surface area contributed by atoms with Gasteiger partial charge >= 0.3 is 0 Å². The van der Waals surface area contributed by atoms with Gasteiger partial charge in [-0.15, -0.1) is 0 Å². The lowest BCUT2D eigenvalue weighted by molar-refractivity contribution is 0.0864. The Morgan fingerprint density at radius 2 is 2.11 bits per heavy atom. The monoisotopic (exact) mass is 262 g/mol. The van der Waals surface area contributed by atoms with E-state index in [4.69, 9.17) is 9.47 Å². The van der Waals surface area contributed by atoms with E-state index in [-0.39, 0.29) is 17.6 Å². The lowest BCUT2D eigenvalue weighted by Crippen LogP contribution is -2.23. The molecule has 1 aromatic heterocycles. The number of ether oxygens (including phenoxy) is 2. The number of ketones is 1. The molecule has 2 aliphatic carbocycles. The van der Waals surface area contributed by atoms with E-state index in [9.17, 15) is 4.79 Å². The summed E-state index contributed by atoms with van der Waals surface area (Å²) in [5.74, 6) is 2.09. The van der Waals surface area contributed by atoms with E-state index in [1.54, 1.807) is 0 Å². The number of rotatable bonds is 4. The van der Waals surface area contributed by atoms with Crippen LogP contribution in [0.15, 0.2) is 6.20 Å². The lowest BCUT2D eigenvalue weighted by atomic mass is 9.84. The molecule has 5 nitrogen and oxygen atoms in total. The van der Waals surface area contributed by atoms with Gasteiger partial charge in [-0.2, -0.15) is 4.98 Å². The third-order valence-electron chi connectivity index (χ3n) is 4.43. The zero-order valence-corrected chi connectivity index (χ0v) is 11.3. The summed E-state index contributed by atoms with van der Waals surface area (Å²) < 4.78 is 10.2. The van der Waals surface area contributed by atoms with Crippen LogP contribution in [-0.4, -0.2) is 30.0 Å². The van der Waals surface area contributed by atoms with Crippen LogP contribution in [0, 0.1) is 17.8 Å². The van der Waals surface area contributed by atoms with Crippen molar-refractivity contribution in [2.75, 3.05) is 14.2 Å². The molecule has 3 rings (SSSR count). The maximum absolute atomic E-state index is 12.6. The second-order valence-electron chi connectivity index (χ2n) is 5.42. The zero-order chi connectivity index (χ0) is 13.4. The van der Waals surface area contributed by atoms with Crippen LogP contribution in [0.2, 0.25) is 0 Å². The highest BCUT2D eigenvalue weighted by Gasteiger charge is 2.44. The molecule has 2 aliphatic rings. The topological polar surface area (TPSA) is 61.3 Å². The average Bonchev–Trinajstić information content (AvgIpc) is 3.08. The van der Waals surface area contributed by atoms with E-state index in [2.05, 4.69) is 9.97 Å². The molecule has 1 heterocycles. The van der Waals surface area contributed by atoms with Crippen molar-refractivity contribution in [2.24, 2.45) is 17.8 Å². The Balaban J connectivity index is 1.87. The van der Waals surface area contributed by atoms with E-state index >= 15 is 0 Å². The van der Waals surface area contributed by atoms with E-state index < -0.39 is 0 Å². The Morgan fingerprint density at radius 3 is 2.68 bits per heavy atom. The molecule has 2 saturated carbocycles. The number of hydrogen-bond donors (Lipinski definition) is 0. The number of carbonyl (C=O) groups excluding carboxylic acids is 1. The third-order valence-corrected chi connectivity index (χ3v) is 4.43. The van der Waals surface area contributed by atoms with Crippen LogP contribution in [0.3, 0.4) is 0 Å². The minimum absolute atomic E-state index is 0.0826. The van der Waals surface area contributed by atoms with Crippen LogP contribution in [-0.2, 0) is 0 Å². The summed E-state index contributed by atoms with van der Waals surface area (Å²) in [6.45, 7) is 0. The molecule has 3 atom stereocenters. The highest BCUT2D eigenvalue weighted by molar-refractivity contribution is 5.98. The fourth-order valence-corrected chi connectivity index (χ4v) is 3.51. The largest absolute Gasteiger partial charge is 0.480 e. The standard InChI is InChI=1S/C14H18N2O3/c1-18-11-7-15-12(14(16-11)19-2)13(17)10-6-8-3-4-9(10)5-8/h7-10H,3-6H2,1-2H3.